The lowest BCUT2D eigenvalue weighted by atomic mass is 10.1. The zero-order valence-electron chi connectivity index (χ0n) is 17.3. The number of aliphatic hydroxyl groups excluding tert-OH is 1. The minimum Gasteiger partial charge on any atom is -0.391 e. The highest BCUT2D eigenvalue weighted by Gasteiger charge is 2.34. The molecule has 1 saturated heterocycles. The predicted molar refractivity (Wildman–Crippen MR) is 116 cm³/mol. The maximum absolute atomic E-state index is 12.4. The molecule has 0 aliphatic carbocycles. The van der Waals surface area contributed by atoms with Gasteiger partial charge in [0.1, 0.15) is 10.6 Å². The number of hydrogen-bond donors (Lipinski definition) is 3. The zero-order valence-corrected chi connectivity index (χ0v) is 18.1. The number of benzene rings is 1. The molecular formula is C20H27N5O4S. The minimum atomic E-state index is -3.42. The van der Waals surface area contributed by atoms with Crippen LogP contribution in [0.4, 0.5) is 16.3 Å². The molecule has 2 heterocycles. The maximum atomic E-state index is 12.4. The molecule has 1 aliphatic heterocycles. The molecule has 3 rings (SSSR count). The van der Waals surface area contributed by atoms with Gasteiger partial charge >= 0.3 is 6.03 Å². The topological polar surface area (TPSA) is 139 Å². The van der Waals surface area contributed by atoms with E-state index in [1.165, 1.54) is 6.07 Å². The lowest BCUT2D eigenvalue weighted by Crippen LogP contribution is -2.44. The summed E-state index contributed by atoms with van der Waals surface area (Å²) in [5.41, 5.74) is 7.44. The summed E-state index contributed by atoms with van der Waals surface area (Å²) in [5, 5.41) is 12.5. The minimum absolute atomic E-state index is 0.174. The van der Waals surface area contributed by atoms with Gasteiger partial charge < -0.3 is 21.1 Å². The van der Waals surface area contributed by atoms with Gasteiger partial charge in [-0.1, -0.05) is 0 Å². The molecule has 1 unspecified atom stereocenters. The Morgan fingerprint density at radius 2 is 1.93 bits per heavy atom. The first-order valence-corrected chi connectivity index (χ1v) is 11.6. The Bertz CT molecular complexity index is 1040. The van der Waals surface area contributed by atoms with Crippen LogP contribution in [0.5, 0.6) is 0 Å². The van der Waals surface area contributed by atoms with Gasteiger partial charge in [-0.05, 0) is 51.0 Å². The number of rotatable bonds is 4. The van der Waals surface area contributed by atoms with Crippen LogP contribution < -0.4 is 11.1 Å². The highest BCUT2D eigenvalue weighted by molar-refractivity contribution is 7.91. The number of urea groups is 1. The lowest BCUT2D eigenvalue weighted by Gasteiger charge is -2.30. The third-order valence-electron chi connectivity index (χ3n) is 5.37. The van der Waals surface area contributed by atoms with Crippen molar-refractivity contribution in [2.24, 2.45) is 0 Å². The number of piperidine rings is 1. The van der Waals surface area contributed by atoms with Gasteiger partial charge in [0.25, 0.3) is 0 Å². The standard InChI is InChI=1S/C20H27N5O4S/c1-20(2,30(3,28)29)16-11-17(21)24-18(23-16)13-6-8-14(9-7-13)22-19(27)25-10-4-5-15(26)12-25/h6-9,11,15,26H,4-5,10,12H2,1-3H3,(H,22,27)(H2,21,23,24). The number of aromatic nitrogens is 2. The molecule has 2 amide bonds. The second-order valence-electron chi connectivity index (χ2n) is 8.03. The third kappa shape index (κ3) is 4.71. The van der Waals surface area contributed by atoms with Crippen LogP contribution in [-0.2, 0) is 14.6 Å². The number of β-amino-alcohol motifs (C(OH)–C–C–N with tert-alkyl or cyclic N) is 1. The molecule has 1 aromatic heterocycles. The number of nitrogens with one attached hydrogen (secondary N) is 1. The molecule has 4 N–H and O–H groups in total. The summed E-state index contributed by atoms with van der Waals surface area (Å²) in [4.78, 5) is 22.6. The molecule has 9 nitrogen and oxygen atoms in total. The Morgan fingerprint density at radius 3 is 2.53 bits per heavy atom. The molecule has 1 aliphatic rings. The monoisotopic (exact) mass is 433 g/mol. The van der Waals surface area contributed by atoms with Crippen molar-refractivity contribution in [2.75, 3.05) is 30.4 Å². The van der Waals surface area contributed by atoms with E-state index in [9.17, 15) is 18.3 Å². The van der Waals surface area contributed by atoms with Crippen LogP contribution in [0.1, 0.15) is 32.4 Å². The first-order valence-electron chi connectivity index (χ1n) is 9.66. The number of nitrogen functional groups attached to an aromatic ring is 1. The quantitative estimate of drug-likeness (QED) is 0.670. The molecule has 10 heteroatoms. The third-order valence-corrected chi connectivity index (χ3v) is 7.43. The lowest BCUT2D eigenvalue weighted by molar-refractivity contribution is 0.0883. The SMILES string of the molecule is CC(C)(c1cc(N)nc(-c2ccc(NC(=O)N3CCCC(O)C3)cc2)n1)S(C)(=O)=O. The molecule has 0 bridgehead atoms. The normalized spacial score (nSPS) is 17.6. The van der Waals surface area contributed by atoms with E-state index in [4.69, 9.17) is 5.73 Å². The number of anilines is 2. The van der Waals surface area contributed by atoms with Crippen molar-refractivity contribution in [1.29, 1.82) is 0 Å². The van der Waals surface area contributed by atoms with Gasteiger partial charge in [-0.3, -0.25) is 0 Å². The molecule has 0 radical (unpaired) electrons. The van der Waals surface area contributed by atoms with E-state index in [1.807, 2.05) is 0 Å². The molecule has 0 saturated carbocycles. The van der Waals surface area contributed by atoms with E-state index in [0.29, 0.717) is 42.3 Å². The van der Waals surface area contributed by atoms with Gasteiger partial charge in [0.2, 0.25) is 0 Å². The van der Waals surface area contributed by atoms with Gasteiger partial charge in [0.05, 0.1) is 11.8 Å². The highest BCUT2D eigenvalue weighted by atomic mass is 32.2. The van der Waals surface area contributed by atoms with Crippen LogP contribution >= 0.6 is 0 Å². The Labute approximate surface area is 176 Å². The molecule has 1 aromatic carbocycles. The van der Waals surface area contributed by atoms with Crippen molar-refractivity contribution in [3.8, 4) is 11.4 Å². The molecular weight excluding hydrogens is 406 g/mol. The van der Waals surface area contributed by atoms with Crippen LogP contribution in [0.25, 0.3) is 11.4 Å². The Morgan fingerprint density at radius 1 is 1.27 bits per heavy atom. The molecule has 1 fully saturated rings. The van der Waals surface area contributed by atoms with Crippen LogP contribution in [0.3, 0.4) is 0 Å². The number of carbonyl (C=O) groups excluding carboxylic acids is 1. The number of hydrogen-bond acceptors (Lipinski definition) is 7. The van der Waals surface area contributed by atoms with E-state index in [2.05, 4.69) is 15.3 Å². The number of nitrogens with zero attached hydrogens (tertiary/aromatic N) is 3. The number of carbonyl (C=O) groups is 1. The molecule has 1 atom stereocenters. The summed E-state index contributed by atoms with van der Waals surface area (Å²) in [6.45, 7) is 4.07. The number of likely N-dealkylation sites (tertiary alicyclic amines) is 1. The van der Waals surface area contributed by atoms with E-state index in [1.54, 1.807) is 43.0 Å². The first kappa shape index (κ1) is 22.0. The Balaban J connectivity index is 1.80. The average molecular weight is 434 g/mol. The average Bonchev–Trinajstić information content (AvgIpc) is 2.67. The number of nitrogens with two attached hydrogens (primary N) is 1. The second-order valence-corrected chi connectivity index (χ2v) is 10.6. The van der Waals surface area contributed by atoms with Crippen molar-refractivity contribution in [3.63, 3.8) is 0 Å². The molecule has 162 valence electrons. The van der Waals surface area contributed by atoms with E-state index in [-0.39, 0.29) is 11.8 Å². The van der Waals surface area contributed by atoms with Crippen molar-refractivity contribution >= 4 is 27.4 Å². The summed E-state index contributed by atoms with van der Waals surface area (Å²) >= 11 is 0. The summed E-state index contributed by atoms with van der Waals surface area (Å²) in [6.07, 6.45) is 2.14. The van der Waals surface area contributed by atoms with Crippen molar-refractivity contribution in [2.45, 2.75) is 37.5 Å². The summed E-state index contributed by atoms with van der Waals surface area (Å²) < 4.78 is 23.1. The Hall–Kier alpha value is -2.72. The fourth-order valence-electron chi connectivity index (χ4n) is 3.14. The zero-order chi connectivity index (χ0) is 22.1. The van der Waals surface area contributed by atoms with E-state index < -0.39 is 20.7 Å². The molecule has 30 heavy (non-hydrogen) atoms. The van der Waals surface area contributed by atoms with Crippen molar-refractivity contribution < 1.29 is 18.3 Å². The largest absolute Gasteiger partial charge is 0.391 e. The Kier molecular flexibility index (Phi) is 6.00. The number of amides is 2. The molecule has 0 spiro atoms. The van der Waals surface area contributed by atoms with Crippen LogP contribution in [-0.4, -0.2) is 59.9 Å². The van der Waals surface area contributed by atoms with Crippen LogP contribution in [0.2, 0.25) is 0 Å². The molecule has 2 aromatic rings. The van der Waals surface area contributed by atoms with Gasteiger partial charge in [-0.25, -0.2) is 23.2 Å². The highest BCUT2D eigenvalue weighted by Crippen LogP contribution is 2.30. The predicted octanol–water partition coefficient (Wildman–Crippen LogP) is 1.99. The van der Waals surface area contributed by atoms with E-state index in [0.717, 1.165) is 12.7 Å². The number of sulfone groups is 1. The van der Waals surface area contributed by atoms with Gasteiger partial charge in [0.15, 0.2) is 15.7 Å². The van der Waals surface area contributed by atoms with Crippen molar-refractivity contribution in [1.82, 2.24) is 14.9 Å². The van der Waals surface area contributed by atoms with Gasteiger partial charge in [0, 0.05) is 36.7 Å². The summed E-state index contributed by atoms with van der Waals surface area (Å²) in [6, 6.07) is 8.08. The smallest absolute Gasteiger partial charge is 0.321 e. The van der Waals surface area contributed by atoms with Gasteiger partial charge in [-0.2, -0.15) is 0 Å². The van der Waals surface area contributed by atoms with Crippen LogP contribution in [0, 0.1) is 0 Å². The first-order chi connectivity index (χ1) is 14.0. The maximum Gasteiger partial charge on any atom is 0.321 e. The van der Waals surface area contributed by atoms with E-state index >= 15 is 0 Å². The number of aliphatic hydroxyl groups is 1. The summed E-state index contributed by atoms with van der Waals surface area (Å²) in [7, 11) is -3.42. The fraction of sp³-hybridized carbons (Fsp3) is 0.450. The van der Waals surface area contributed by atoms with Crippen molar-refractivity contribution in [3.05, 3.63) is 36.0 Å². The van der Waals surface area contributed by atoms with Gasteiger partial charge in [-0.15, -0.1) is 0 Å². The second kappa shape index (κ2) is 8.19. The fourth-order valence-corrected chi connectivity index (χ4v) is 3.62. The van der Waals surface area contributed by atoms with Crippen LogP contribution in [0.15, 0.2) is 30.3 Å². The summed E-state index contributed by atoms with van der Waals surface area (Å²) in [5.74, 6) is 0.478.